The second kappa shape index (κ2) is 12.3. The second-order valence-corrected chi connectivity index (χ2v) is 9.64. The molecule has 0 bridgehead atoms. The van der Waals surface area contributed by atoms with Crippen molar-refractivity contribution in [3.8, 4) is 0 Å². The molecule has 0 radical (unpaired) electrons. The van der Waals surface area contributed by atoms with Gasteiger partial charge in [-0.1, -0.05) is 72.8 Å². The van der Waals surface area contributed by atoms with Gasteiger partial charge in [0.15, 0.2) is 6.04 Å². The van der Waals surface area contributed by atoms with Gasteiger partial charge in [-0.05, 0) is 37.1 Å². The Bertz CT molecular complexity index is 1420. The van der Waals surface area contributed by atoms with E-state index in [1.54, 1.807) is 23.3 Å². The van der Waals surface area contributed by atoms with Crippen molar-refractivity contribution < 1.29 is 14.7 Å². The number of aliphatic carboxylic acids is 1. The molecule has 0 aliphatic carbocycles. The molecule has 8 heteroatoms. The predicted octanol–water partition coefficient (Wildman–Crippen LogP) is 4.48. The Labute approximate surface area is 227 Å². The minimum atomic E-state index is -1.03. The fourth-order valence-corrected chi connectivity index (χ4v) is 4.94. The minimum Gasteiger partial charge on any atom is -0.480 e. The van der Waals surface area contributed by atoms with Crippen LogP contribution in [0.1, 0.15) is 29.5 Å². The van der Waals surface area contributed by atoms with E-state index in [-0.39, 0.29) is 18.5 Å². The molecule has 1 aliphatic heterocycles. The molecule has 0 spiro atoms. The number of imidazole rings is 1. The molecule has 198 valence electrons. The number of carboxylic acid groups (broad SMARTS) is 1. The summed E-state index contributed by atoms with van der Waals surface area (Å²) in [6, 6.07) is 25.9. The van der Waals surface area contributed by atoms with E-state index in [9.17, 15) is 14.7 Å². The molecule has 5 rings (SSSR count). The lowest BCUT2D eigenvalue weighted by molar-refractivity contribution is -0.138. The zero-order valence-corrected chi connectivity index (χ0v) is 21.6. The third-order valence-electron chi connectivity index (χ3n) is 6.86. The van der Waals surface area contributed by atoms with E-state index in [1.807, 2.05) is 72.8 Å². The minimum absolute atomic E-state index is 0.0395. The summed E-state index contributed by atoms with van der Waals surface area (Å²) in [6.07, 6.45) is 6.69. The molecule has 1 amide bonds. The highest BCUT2D eigenvalue weighted by Crippen LogP contribution is 2.23. The van der Waals surface area contributed by atoms with Crippen LogP contribution in [0, 0.1) is 0 Å². The first-order valence-corrected chi connectivity index (χ1v) is 13.1. The van der Waals surface area contributed by atoms with Crippen LogP contribution in [0.4, 0.5) is 5.69 Å². The highest BCUT2D eigenvalue weighted by molar-refractivity contribution is 6.14. The second-order valence-electron chi connectivity index (χ2n) is 9.64. The van der Waals surface area contributed by atoms with Crippen LogP contribution in [0.2, 0.25) is 0 Å². The number of carbonyl (C=O) groups is 2. The van der Waals surface area contributed by atoms with Crippen molar-refractivity contribution >= 4 is 23.3 Å². The van der Waals surface area contributed by atoms with Crippen LogP contribution in [-0.2, 0) is 22.7 Å². The monoisotopic (exact) mass is 521 g/mol. The maximum Gasteiger partial charge on any atom is 0.330 e. The molecule has 1 saturated heterocycles. The van der Waals surface area contributed by atoms with Crippen LogP contribution >= 0.6 is 0 Å². The number of nitrogens with one attached hydrogen (secondary N) is 1. The Morgan fingerprint density at radius 1 is 1.00 bits per heavy atom. The average Bonchev–Trinajstić information content (AvgIpc) is 3.64. The number of carboxylic acids is 1. The average molecular weight is 522 g/mol. The zero-order chi connectivity index (χ0) is 27.0. The number of amides is 1. The smallest absolute Gasteiger partial charge is 0.330 e. The van der Waals surface area contributed by atoms with E-state index in [0.29, 0.717) is 11.4 Å². The molecule has 4 aromatic rings. The van der Waals surface area contributed by atoms with Crippen LogP contribution in [0.25, 0.3) is 0 Å². The molecule has 8 nitrogen and oxygen atoms in total. The van der Waals surface area contributed by atoms with Crippen LogP contribution in [0.3, 0.4) is 0 Å². The van der Waals surface area contributed by atoms with Gasteiger partial charge in [-0.2, -0.15) is 0 Å². The van der Waals surface area contributed by atoms with Crippen LogP contribution in [0.5, 0.6) is 0 Å². The van der Waals surface area contributed by atoms with Crippen LogP contribution < -0.4 is 5.32 Å². The Hall–Kier alpha value is -4.56. The van der Waals surface area contributed by atoms with Gasteiger partial charge in [0.05, 0.1) is 24.6 Å². The SMILES string of the molecule is O=C(O)[C@H](Cn1ccnc1)N=C(c1ccccc1)c1cccc(NC(=O)[C@@H]2CCCN2Cc2ccccc2)c1. The van der Waals surface area contributed by atoms with Crippen molar-refractivity contribution in [2.75, 3.05) is 11.9 Å². The van der Waals surface area contributed by atoms with E-state index in [1.165, 1.54) is 5.56 Å². The molecule has 39 heavy (non-hydrogen) atoms. The van der Waals surface area contributed by atoms with E-state index < -0.39 is 12.0 Å². The number of anilines is 1. The van der Waals surface area contributed by atoms with Gasteiger partial charge in [-0.25, -0.2) is 9.78 Å². The summed E-state index contributed by atoms with van der Waals surface area (Å²) in [5.74, 6) is -1.07. The van der Waals surface area contributed by atoms with Crippen molar-refractivity contribution in [3.05, 3.63) is 120 Å². The predicted molar refractivity (Wildman–Crippen MR) is 151 cm³/mol. The van der Waals surface area contributed by atoms with Gasteiger partial charge in [0.1, 0.15) is 0 Å². The summed E-state index contributed by atoms with van der Waals surface area (Å²) >= 11 is 0. The molecule has 0 saturated carbocycles. The number of benzene rings is 3. The number of hydrogen-bond acceptors (Lipinski definition) is 5. The first-order valence-electron chi connectivity index (χ1n) is 13.1. The maximum atomic E-state index is 13.3. The summed E-state index contributed by atoms with van der Waals surface area (Å²) < 4.78 is 1.70. The Morgan fingerprint density at radius 3 is 2.46 bits per heavy atom. The van der Waals surface area contributed by atoms with E-state index in [2.05, 4.69) is 27.3 Å². The third kappa shape index (κ3) is 6.66. The quantitative estimate of drug-likeness (QED) is 0.300. The summed E-state index contributed by atoms with van der Waals surface area (Å²) in [6.45, 7) is 1.77. The summed E-state index contributed by atoms with van der Waals surface area (Å²) in [5, 5.41) is 13.0. The molecule has 1 aliphatic rings. The molecule has 3 aromatic carbocycles. The van der Waals surface area contributed by atoms with Crippen molar-refractivity contribution in [2.45, 2.75) is 38.0 Å². The third-order valence-corrected chi connectivity index (χ3v) is 6.86. The van der Waals surface area contributed by atoms with Crippen molar-refractivity contribution in [1.29, 1.82) is 0 Å². The molecule has 1 fully saturated rings. The summed E-state index contributed by atoms with van der Waals surface area (Å²) in [7, 11) is 0. The van der Waals surface area contributed by atoms with Gasteiger partial charge < -0.3 is 15.0 Å². The summed E-state index contributed by atoms with van der Waals surface area (Å²) in [4.78, 5) is 36.4. The first-order chi connectivity index (χ1) is 19.1. The number of rotatable bonds is 10. The molecule has 2 heterocycles. The number of nitrogens with zero attached hydrogens (tertiary/aromatic N) is 4. The van der Waals surface area contributed by atoms with Gasteiger partial charge in [0.25, 0.3) is 0 Å². The lowest BCUT2D eigenvalue weighted by Gasteiger charge is -2.24. The highest BCUT2D eigenvalue weighted by Gasteiger charge is 2.30. The fraction of sp³-hybridized carbons (Fsp3) is 0.226. The molecular weight excluding hydrogens is 490 g/mol. The normalized spacial score (nSPS) is 16.6. The zero-order valence-electron chi connectivity index (χ0n) is 21.6. The van der Waals surface area contributed by atoms with E-state index in [4.69, 9.17) is 4.99 Å². The van der Waals surface area contributed by atoms with Gasteiger partial charge in [0.2, 0.25) is 5.91 Å². The number of hydrogen-bond donors (Lipinski definition) is 2. The largest absolute Gasteiger partial charge is 0.480 e. The standard InChI is InChI=1S/C31H31N5O3/c37-30(28-15-8-17-36(28)20-23-9-3-1-4-10-23)33-26-14-7-13-25(19-26)29(24-11-5-2-6-12-24)34-27(31(38)39)21-35-18-16-32-22-35/h1-7,9-14,16,18-19,22,27-28H,8,15,17,20-21H2,(H,33,37)(H,38,39)/t27-,28-/m0/s1. The van der Waals surface area contributed by atoms with Crippen LogP contribution in [-0.4, -0.2) is 55.8 Å². The van der Waals surface area contributed by atoms with Crippen molar-refractivity contribution in [2.24, 2.45) is 4.99 Å². The molecule has 2 N–H and O–H groups in total. The van der Waals surface area contributed by atoms with Crippen molar-refractivity contribution in [3.63, 3.8) is 0 Å². The van der Waals surface area contributed by atoms with Crippen LogP contribution in [0.15, 0.2) is 109 Å². The molecule has 1 aromatic heterocycles. The molecule has 0 unspecified atom stereocenters. The topological polar surface area (TPSA) is 99.8 Å². The lowest BCUT2D eigenvalue weighted by Crippen LogP contribution is -2.39. The summed E-state index contributed by atoms with van der Waals surface area (Å²) in [5.41, 5.74) is 3.90. The number of aromatic nitrogens is 2. The lowest BCUT2D eigenvalue weighted by atomic mass is 10.0. The Morgan fingerprint density at radius 2 is 1.74 bits per heavy atom. The van der Waals surface area contributed by atoms with Gasteiger partial charge in [-0.15, -0.1) is 0 Å². The Kier molecular flexibility index (Phi) is 8.23. The van der Waals surface area contributed by atoms with E-state index >= 15 is 0 Å². The fourth-order valence-electron chi connectivity index (χ4n) is 4.94. The number of carbonyl (C=O) groups excluding carboxylic acids is 1. The number of likely N-dealkylation sites (tertiary alicyclic amines) is 1. The van der Waals surface area contributed by atoms with Gasteiger partial charge in [0, 0.05) is 35.8 Å². The maximum absolute atomic E-state index is 13.3. The Balaban J connectivity index is 1.39. The van der Waals surface area contributed by atoms with Crippen molar-refractivity contribution in [1.82, 2.24) is 14.5 Å². The molecular formula is C31H31N5O3. The van der Waals surface area contributed by atoms with Gasteiger partial charge >= 0.3 is 5.97 Å². The van der Waals surface area contributed by atoms with Gasteiger partial charge in [-0.3, -0.25) is 14.7 Å². The van der Waals surface area contributed by atoms with E-state index in [0.717, 1.165) is 37.1 Å². The highest BCUT2D eigenvalue weighted by atomic mass is 16.4. The first kappa shape index (κ1) is 26.1. The molecule has 2 atom stereocenters. The number of aliphatic imine (C=N–C) groups is 1.